The molecule has 2 N–H and O–H groups in total. The molecule has 2 aromatic carbocycles. The van der Waals surface area contributed by atoms with Crippen LogP contribution in [0.5, 0.6) is 11.5 Å². The van der Waals surface area contributed by atoms with E-state index in [9.17, 15) is 18.3 Å². The van der Waals surface area contributed by atoms with Gasteiger partial charge >= 0.3 is 0 Å². The van der Waals surface area contributed by atoms with Crippen molar-refractivity contribution in [3.63, 3.8) is 0 Å². The second-order valence-electron chi connectivity index (χ2n) is 6.37. The summed E-state index contributed by atoms with van der Waals surface area (Å²) in [5.74, 6) is -0.568. The van der Waals surface area contributed by atoms with Crippen molar-refractivity contribution in [2.45, 2.75) is 17.2 Å². The maximum atomic E-state index is 13.0. The number of nitrogens with one attached hydrogen (secondary N) is 1. The average Bonchev–Trinajstić information content (AvgIpc) is 2.87. The summed E-state index contributed by atoms with van der Waals surface area (Å²) in [4.78, 5) is 13.0. The molecule has 0 aromatic heterocycles. The number of aliphatic hydroxyl groups is 1. The summed E-state index contributed by atoms with van der Waals surface area (Å²) in [6, 6.07) is 8.93. The van der Waals surface area contributed by atoms with Gasteiger partial charge in [-0.25, -0.2) is 8.42 Å². The van der Waals surface area contributed by atoms with E-state index < -0.39 is 28.1 Å². The Labute approximate surface area is 177 Å². The molecule has 29 heavy (non-hydrogen) atoms. The number of hydrogen-bond donors (Lipinski definition) is 2. The van der Waals surface area contributed by atoms with Gasteiger partial charge in [0.2, 0.25) is 10.0 Å². The maximum absolute atomic E-state index is 13.0. The Morgan fingerprint density at radius 2 is 1.90 bits per heavy atom. The van der Waals surface area contributed by atoms with E-state index in [2.05, 4.69) is 4.72 Å². The third-order valence-electron chi connectivity index (χ3n) is 4.21. The fourth-order valence-electron chi connectivity index (χ4n) is 2.81. The Morgan fingerprint density at radius 1 is 1.24 bits per heavy atom. The fraction of sp³-hybridized carbons (Fsp3) is 0.222. The van der Waals surface area contributed by atoms with Gasteiger partial charge in [0.15, 0.2) is 12.0 Å². The number of ketones is 1. The van der Waals surface area contributed by atoms with Gasteiger partial charge in [-0.3, -0.25) is 9.69 Å². The lowest BCUT2D eigenvalue weighted by Gasteiger charge is -2.15. The minimum Gasteiger partial charge on any atom is -0.456 e. The number of likely N-dealkylation sites (N-methyl/N-ethyl adjacent to an activating group) is 1. The monoisotopic (exact) mass is 455 g/mol. The summed E-state index contributed by atoms with van der Waals surface area (Å²) < 4.78 is 33.8. The van der Waals surface area contributed by atoms with Gasteiger partial charge in [-0.1, -0.05) is 23.2 Å². The Hall–Kier alpha value is -2.19. The summed E-state index contributed by atoms with van der Waals surface area (Å²) in [5, 5.41) is 19.5. The number of ether oxygens (including phenoxy) is 1. The van der Waals surface area contributed by atoms with Crippen molar-refractivity contribution in [1.82, 2.24) is 9.62 Å². The number of benzene rings is 2. The van der Waals surface area contributed by atoms with Crippen LogP contribution in [0.2, 0.25) is 10.0 Å². The first-order chi connectivity index (χ1) is 13.6. The van der Waals surface area contributed by atoms with Crippen molar-refractivity contribution in [1.29, 1.82) is 5.26 Å². The van der Waals surface area contributed by atoms with Crippen molar-refractivity contribution >= 4 is 39.0 Å². The van der Waals surface area contributed by atoms with Gasteiger partial charge in [0.05, 0.1) is 17.7 Å². The van der Waals surface area contributed by atoms with Gasteiger partial charge in [-0.2, -0.15) is 9.98 Å². The lowest BCUT2D eigenvalue weighted by Crippen LogP contribution is -2.41. The molecule has 1 aliphatic rings. The Balaban J connectivity index is 1.98. The van der Waals surface area contributed by atoms with Gasteiger partial charge in [-0.15, -0.1) is 0 Å². The number of Topliss-reactive ketones (excluding diaryl/α,β-unsaturated/α-hetero) is 1. The highest BCUT2D eigenvalue weighted by molar-refractivity contribution is 7.89. The number of hydrogen-bond acceptors (Lipinski definition) is 7. The zero-order valence-corrected chi connectivity index (χ0v) is 17.3. The van der Waals surface area contributed by atoms with Crippen LogP contribution in [-0.2, 0) is 14.8 Å². The number of nitriles is 1. The first-order valence-electron chi connectivity index (χ1n) is 8.23. The maximum Gasteiger partial charge on any atom is 0.245 e. The summed E-state index contributed by atoms with van der Waals surface area (Å²) in [6.45, 7) is -0.00272. The number of rotatable bonds is 5. The van der Waals surface area contributed by atoms with Crippen LogP contribution in [0.15, 0.2) is 41.3 Å². The van der Waals surface area contributed by atoms with Crippen LogP contribution in [0.1, 0.15) is 5.56 Å². The lowest BCUT2D eigenvalue weighted by molar-refractivity contribution is -0.129. The molecule has 0 radical (unpaired) electrons. The summed E-state index contributed by atoms with van der Waals surface area (Å²) >= 11 is 11.9. The van der Waals surface area contributed by atoms with Crippen LogP contribution in [0.25, 0.3) is 0 Å². The average molecular weight is 456 g/mol. The predicted octanol–water partition coefficient (Wildman–Crippen LogP) is 2.14. The second-order valence-corrected chi connectivity index (χ2v) is 8.93. The smallest absolute Gasteiger partial charge is 0.245 e. The summed E-state index contributed by atoms with van der Waals surface area (Å²) in [7, 11) is -2.79. The third kappa shape index (κ3) is 4.70. The predicted molar refractivity (Wildman–Crippen MR) is 105 cm³/mol. The van der Waals surface area contributed by atoms with Crippen molar-refractivity contribution in [2.75, 3.05) is 13.6 Å². The molecule has 11 heteroatoms. The molecular formula is C18H15Cl2N3O5S. The van der Waals surface area contributed by atoms with Crippen molar-refractivity contribution in [3.8, 4) is 17.6 Å². The number of aliphatic hydroxyl groups excluding tert-OH is 1. The second kappa shape index (κ2) is 8.28. The number of carbonyl (C=O) groups excluding carboxylic acids is 1. The van der Waals surface area contributed by atoms with Crippen LogP contribution < -0.4 is 9.46 Å². The van der Waals surface area contributed by atoms with Gasteiger partial charge in [0, 0.05) is 16.6 Å². The molecule has 1 heterocycles. The van der Waals surface area contributed by atoms with E-state index in [-0.39, 0.29) is 38.5 Å². The third-order valence-corrected chi connectivity index (χ3v) is 6.14. The van der Waals surface area contributed by atoms with Crippen LogP contribution in [0, 0.1) is 11.3 Å². The van der Waals surface area contributed by atoms with Crippen LogP contribution in [-0.4, -0.2) is 50.1 Å². The molecule has 1 aliphatic heterocycles. The quantitative estimate of drug-likeness (QED) is 0.708. The molecular weight excluding hydrogens is 441 g/mol. The Morgan fingerprint density at radius 3 is 2.45 bits per heavy atom. The molecule has 0 amide bonds. The number of likely N-dealkylation sites (tertiary alicyclic amines) is 1. The molecule has 8 nitrogen and oxygen atoms in total. The molecule has 0 bridgehead atoms. The van der Waals surface area contributed by atoms with E-state index in [4.69, 9.17) is 33.2 Å². The van der Waals surface area contributed by atoms with Crippen molar-refractivity contribution in [2.24, 2.45) is 0 Å². The zero-order chi connectivity index (χ0) is 21.3. The molecule has 1 saturated heterocycles. The Kier molecular flexibility index (Phi) is 6.14. The molecule has 3 rings (SSSR count). The first-order valence-corrected chi connectivity index (χ1v) is 10.5. The lowest BCUT2D eigenvalue weighted by atomic mass is 10.2. The highest BCUT2D eigenvalue weighted by Crippen LogP contribution is 2.33. The number of nitrogens with zero attached hydrogens (tertiary/aromatic N) is 2. The summed E-state index contributed by atoms with van der Waals surface area (Å²) in [5.41, 5.74) is 0.0803. The Bertz CT molecular complexity index is 1100. The van der Waals surface area contributed by atoms with E-state index in [0.29, 0.717) is 0 Å². The van der Waals surface area contributed by atoms with E-state index in [1.807, 2.05) is 6.07 Å². The molecule has 1 fully saturated rings. The molecule has 0 aliphatic carbocycles. The van der Waals surface area contributed by atoms with Crippen LogP contribution in [0.3, 0.4) is 0 Å². The van der Waals surface area contributed by atoms with Gasteiger partial charge in [0.25, 0.3) is 0 Å². The topological polar surface area (TPSA) is 120 Å². The van der Waals surface area contributed by atoms with E-state index in [1.165, 1.54) is 42.3 Å². The van der Waals surface area contributed by atoms with Crippen LogP contribution in [0.4, 0.5) is 0 Å². The molecule has 0 saturated carbocycles. The van der Waals surface area contributed by atoms with E-state index in [0.717, 1.165) is 6.07 Å². The first kappa shape index (κ1) is 21.5. The largest absolute Gasteiger partial charge is 0.456 e. The highest BCUT2D eigenvalue weighted by atomic mass is 35.5. The van der Waals surface area contributed by atoms with Crippen molar-refractivity contribution in [3.05, 3.63) is 52.0 Å². The van der Waals surface area contributed by atoms with Gasteiger partial charge in [0.1, 0.15) is 16.4 Å². The highest BCUT2D eigenvalue weighted by Gasteiger charge is 2.40. The standard InChI is InChI=1S/C18H15Cl2N3O5S/c1-23-9-14(17(24)18(23)25)22-29(26,27)16-4-10(8-21)2-3-15(16)28-13-6-11(19)5-12(20)7-13/h2-7,14,18,22,25H,9H2,1H3. The van der Waals surface area contributed by atoms with Gasteiger partial charge in [-0.05, 0) is 43.4 Å². The zero-order valence-electron chi connectivity index (χ0n) is 15.0. The number of halogens is 2. The summed E-state index contributed by atoms with van der Waals surface area (Å²) in [6.07, 6.45) is -1.39. The molecule has 0 spiro atoms. The molecule has 2 atom stereocenters. The van der Waals surface area contributed by atoms with E-state index >= 15 is 0 Å². The fourth-order valence-corrected chi connectivity index (χ4v) is 4.66. The van der Waals surface area contributed by atoms with E-state index in [1.54, 1.807) is 0 Å². The minimum absolute atomic E-state index is 0.00272. The normalized spacial score (nSPS) is 19.9. The number of carbonyl (C=O) groups is 1. The minimum atomic E-state index is -4.28. The SMILES string of the molecule is CN1CC(NS(=O)(=O)c2cc(C#N)ccc2Oc2cc(Cl)cc(Cl)c2)C(=O)C1O. The van der Waals surface area contributed by atoms with Crippen LogP contribution >= 0.6 is 23.2 Å². The molecule has 2 aromatic rings. The molecule has 152 valence electrons. The molecule has 2 unspecified atom stereocenters. The van der Waals surface area contributed by atoms with Gasteiger partial charge < -0.3 is 9.84 Å². The number of sulfonamides is 1. The van der Waals surface area contributed by atoms with Crippen molar-refractivity contribution < 1.29 is 23.1 Å².